The van der Waals surface area contributed by atoms with E-state index in [1.54, 1.807) is 0 Å². The third-order valence-corrected chi connectivity index (χ3v) is 0.617. The average Bonchev–Trinajstić information content (AvgIpc) is 1.27. The van der Waals surface area contributed by atoms with Gasteiger partial charge >= 0.3 is 0 Å². The first-order chi connectivity index (χ1) is 3.13. The molecule has 7 heavy (non-hydrogen) atoms. The van der Waals surface area contributed by atoms with E-state index in [0.717, 1.165) is 0 Å². The first-order valence-corrected chi connectivity index (χ1v) is 2.50. The molecule has 0 heterocycles. The molecule has 0 aliphatic heterocycles. The van der Waals surface area contributed by atoms with Crippen molar-refractivity contribution < 1.29 is 4.48 Å². The second kappa shape index (κ2) is 2.97. The molecule has 0 bridgehead atoms. The molecule has 0 fully saturated rings. The molecular formula is C5H12FN. The highest BCUT2D eigenvalue weighted by molar-refractivity contribution is 4.42. The highest BCUT2D eigenvalue weighted by Gasteiger charge is 1.95. The van der Waals surface area contributed by atoms with Crippen molar-refractivity contribution in [1.82, 2.24) is 5.12 Å². The summed E-state index contributed by atoms with van der Waals surface area (Å²) in [7, 11) is 1.43. The fraction of sp³-hybridized carbons (Fsp3) is 1.00. The van der Waals surface area contributed by atoms with Crippen LogP contribution in [-0.4, -0.2) is 18.7 Å². The van der Waals surface area contributed by atoms with Crippen molar-refractivity contribution in [3.8, 4) is 0 Å². The van der Waals surface area contributed by atoms with Crippen molar-refractivity contribution in [1.29, 1.82) is 0 Å². The SMILES string of the molecule is CC(C)CN(C)F. The molecule has 0 aliphatic carbocycles. The lowest BCUT2D eigenvalue weighted by molar-refractivity contribution is 0.0466. The quantitative estimate of drug-likeness (QED) is 0.480. The van der Waals surface area contributed by atoms with Crippen molar-refractivity contribution >= 4 is 0 Å². The van der Waals surface area contributed by atoms with Gasteiger partial charge in [-0.2, -0.15) is 0 Å². The largest absolute Gasteiger partial charge is 0.149 e. The summed E-state index contributed by atoms with van der Waals surface area (Å²) in [6.45, 7) is 4.49. The van der Waals surface area contributed by atoms with E-state index in [1.165, 1.54) is 7.05 Å². The third kappa shape index (κ3) is 5.89. The Kier molecular flexibility index (Phi) is 2.92. The summed E-state index contributed by atoms with van der Waals surface area (Å²) >= 11 is 0. The van der Waals surface area contributed by atoms with Crippen LogP contribution in [0.4, 0.5) is 4.48 Å². The zero-order valence-corrected chi connectivity index (χ0v) is 5.11. The molecule has 0 amide bonds. The summed E-state index contributed by atoms with van der Waals surface area (Å²) in [5.41, 5.74) is 0. The maximum atomic E-state index is 11.8. The number of nitrogens with zero attached hydrogens (tertiary/aromatic N) is 1. The minimum absolute atomic E-state index is 0.426. The molecule has 0 aromatic heterocycles. The Bertz CT molecular complexity index is 37.3. The van der Waals surface area contributed by atoms with Crippen molar-refractivity contribution in [3.05, 3.63) is 0 Å². The van der Waals surface area contributed by atoms with E-state index in [0.29, 0.717) is 17.6 Å². The van der Waals surface area contributed by atoms with Gasteiger partial charge in [0.05, 0.1) is 0 Å². The van der Waals surface area contributed by atoms with Crippen LogP contribution >= 0.6 is 0 Å². The highest BCUT2D eigenvalue weighted by atomic mass is 19.2. The molecule has 1 nitrogen and oxygen atoms in total. The van der Waals surface area contributed by atoms with Crippen molar-refractivity contribution in [2.45, 2.75) is 13.8 Å². The van der Waals surface area contributed by atoms with Gasteiger partial charge in [0.25, 0.3) is 0 Å². The summed E-state index contributed by atoms with van der Waals surface area (Å²) in [6.07, 6.45) is 0. The average molecular weight is 105 g/mol. The van der Waals surface area contributed by atoms with Crippen LogP contribution in [0.1, 0.15) is 13.8 Å². The lowest BCUT2D eigenvalue weighted by Crippen LogP contribution is -2.12. The van der Waals surface area contributed by atoms with Gasteiger partial charge in [0.15, 0.2) is 0 Å². The summed E-state index contributed by atoms with van der Waals surface area (Å²) < 4.78 is 11.8. The van der Waals surface area contributed by atoms with Crippen LogP contribution in [0.2, 0.25) is 0 Å². The zero-order valence-electron chi connectivity index (χ0n) is 5.11. The maximum Gasteiger partial charge on any atom is 0.0310 e. The van der Waals surface area contributed by atoms with Gasteiger partial charge in [-0.1, -0.05) is 13.8 Å². The minimum atomic E-state index is 0.426. The molecule has 0 saturated heterocycles. The van der Waals surface area contributed by atoms with E-state index < -0.39 is 0 Å². The van der Waals surface area contributed by atoms with Crippen LogP contribution in [-0.2, 0) is 0 Å². The van der Waals surface area contributed by atoms with Crippen LogP contribution in [0.5, 0.6) is 0 Å². The van der Waals surface area contributed by atoms with E-state index in [-0.39, 0.29) is 0 Å². The molecule has 0 atom stereocenters. The van der Waals surface area contributed by atoms with Gasteiger partial charge in [-0.3, -0.25) is 0 Å². The molecule has 0 aliphatic rings. The van der Waals surface area contributed by atoms with E-state index in [4.69, 9.17) is 0 Å². The van der Waals surface area contributed by atoms with Crippen LogP contribution < -0.4 is 0 Å². The number of halogens is 1. The fourth-order valence-electron chi connectivity index (χ4n) is 0.503. The van der Waals surface area contributed by atoms with Crippen LogP contribution in [0.25, 0.3) is 0 Å². The highest BCUT2D eigenvalue weighted by Crippen LogP contribution is 1.93. The van der Waals surface area contributed by atoms with Crippen LogP contribution in [0.3, 0.4) is 0 Å². The number of hydrogen-bond donors (Lipinski definition) is 0. The summed E-state index contributed by atoms with van der Waals surface area (Å²) in [5, 5.41) is 0.699. The molecular weight excluding hydrogens is 93.1 g/mol. The third-order valence-electron chi connectivity index (χ3n) is 0.617. The van der Waals surface area contributed by atoms with Crippen molar-refractivity contribution in [3.63, 3.8) is 0 Å². The second-order valence-electron chi connectivity index (χ2n) is 2.18. The molecule has 0 rings (SSSR count). The lowest BCUT2D eigenvalue weighted by Gasteiger charge is -2.05. The Morgan fingerprint density at radius 1 is 1.57 bits per heavy atom. The fourth-order valence-corrected chi connectivity index (χ4v) is 0.503. The van der Waals surface area contributed by atoms with E-state index in [1.807, 2.05) is 13.8 Å². The van der Waals surface area contributed by atoms with Crippen LogP contribution in [0.15, 0.2) is 0 Å². The van der Waals surface area contributed by atoms with E-state index in [9.17, 15) is 4.48 Å². The zero-order chi connectivity index (χ0) is 5.86. The first kappa shape index (κ1) is 6.89. The summed E-state index contributed by atoms with van der Waals surface area (Å²) in [6, 6.07) is 0. The molecule has 0 aromatic rings. The van der Waals surface area contributed by atoms with Gasteiger partial charge in [-0.25, -0.2) is 0 Å². The van der Waals surface area contributed by atoms with Gasteiger partial charge in [0, 0.05) is 13.6 Å². The monoisotopic (exact) mass is 105 g/mol. The summed E-state index contributed by atoms with van der Waals surface area (Å²) in [4.78, 5) is 0. The van der Waals surface area contributed by atoms with Gasteiger partial charge < -0.3 is 0 Å². The minimum Gasteiger partial charge on any atom is -0.149 e. The standard InChI is InChI=1S/C5H12FN/c1-5(2)4-7(3)6/h5H,4H2,1-3H3. The molecule has 2 heteroatoms. The van der Waals surface area contributed by atoms with Gasteiger partial charge in [0.1, 0.15) is 0 Å². The molecule has 0 N–H and O–H groups in total. The summed E-state index contributed by atoms with van der Waals surface area (Å²) in [5.74, 6) is 0.426. The van der Waals surface area contributed by atoms with Crippen molar-refractivity contribution in [2.75, 3.05) is 13.6 Å². The van der Waals surface area contributed by atoms with Gasteiger partial charge in [-0.15, -0.1) is 9.60 Å². The Hall–Kier alpha value is -0.110. The maximum absolute atomic E-state index is 11.8. The number of hydrogen-bond acceptors (Lipinski definition) is 1. The second-order valence-corrected chi connectivity index (χ2v) is 2.18. The van der Waals surface area contributed by atoms with Crippen LogP contribution in [0, 0.1) is 5.92 Å². The van der Waals surface area contributed by atoms with E-state index >= 15 is 0 Å². The molecule has 0 aromatic carbocycles. The number of rotatable bonds is 2. The Balaban J connectivity index is 2.95. The van der Waals surface area contributed by atoms with Gasteiger partial charge in [-0.05, 0) is 5.92 Å². The molecule has 0 saturated carbocycles. The normalized spacial score (nSPS) is 11.1. The smallest absolute Gasteiger partial charge is 0.0310 e. The Morgan fingerprint density at radius 3 is 2.00 bits per heavy atom. The predicted octanol–water partition coefficient (Wildman–Crippen LogP) is 1.46. The topological polar surface area (TPSA) is 3.24 Å². The molecule has 0 radical (unpaired) electrons. The molecule has 0 spiro atoms. The van der Waals surface area contributed by atoms with Crippen molar-refractivity contribution in [2.24, 2.45) is 5.92 Å². The lowest BCUT2D eigenvalue weighted by atomic mass is 10.2. The van der Waals surface area contributed by atoms with E-state index in [2.05, 4.69) is 0 Å². The Morgan fingerprint density at radius 2 is 2.00 bits per heavy atom. The molecule has 44 valence electrons. The van der Waals surface area contributed by atoms with Gasteiger partial charge in [0.2, 0.25) is 0 Å². The molecule has 0 unspecified atom stereocenters. The predicted molar refractivity (Wildman–Crippen MR) is 28.6 cm³/mol. The first-order valence-electron chi connectivity index (χ1n) is 2.50. The Labute approximate surface area is 44.1 Å².